The summed E-state index contributed by atoms with van der Waals surface area (Å²) in [4.78, 5) is 8.76. The Hall–Kier alpha value is -1.40. The van der Waals surface area contributed by atoms with E-state index in [0.717, 1.165) is 31.0 Å². The maximum Gasteiger partial charge on any atom is 0.158 e. The van der Waals surface area contributed by atoms with Crippen molar-refractivity contribution in [3.05, 3.63) is 11.9 Å². The van der Waals surface area contributed by atoms with Crippen LogP contribution in [0.25, 0.3) is 0 Å². The minimum Gasteiger partial charge on any atom is -0.396 e. The predicted molar refractivity (Wildman–Crippen MR) is 76.3 cm³/mol. The molecule has 0 saturated carbocycles. The summed E-state index contributed by atoms with van der Waals surface area (Å²) in [6, 6.07) is 2.14. The highest BCUT2D eigenvalue weighted by atomic mass is 16.5. The van der Waals surface area contributed by atoms with Gasteiger partial charge in [0, 0.05) is 32.4 Å². The van der Waals surface area contributed by atoms with Crippen molar-refractivity contribution in [1.82, 2.24) is 9.97 Å². The summed E-state index contributed by atoms with van der Waals surface area (Å²) in [6.45, 7) is 5.50. The lowest BCUT2D eigenvalue weighted by Gasteiger charge is -2.15. The van der Waals surface area contributed by atoms with Crippen molar-refractivity contribution in [2.24, 2.45) is 0 Å². The number of aliphatic hydroxyl groups is 1. The maximum atomic E-state index is 8.83. The Morgan fingerprint density at radius 2 is 2.11 bits per heavy atom. The summed E-state index contributed by atoms with van der Waals surface area (Å²) in [5, 5.41) is 15.3. The Balaban J connectivity index is 2.74. The van der Waals surface area contributed by atoms with Gasteiger partial charge in [-0.3, -0.25) is 0 Å². The van der Waals surface area contributed by atoms with E-state index in [1.165, 1.54) is 0 Å². The van der Waals surface area contributed by atoms with Gasteiger partial charge in [0.05, 0.1) is 0 Å². The Morgan fingerprint density at radius 3 is 2.74 bits per heavy atom. The Morgan fingerprint density at radius 1 is 1.37 bits per heavy atom. The SMILES string of the molecule is CCNc1cc(NC(C)CCCO)nc(COC)n1. The molecule has 6 heteroatoms. The summed E-state index contributed by atoms with van der Waals surface area (Å²) >= 11 is 0. The van der Waals surface area contributed by atoms with Crippen LogP contribution in [0.3, 0.4) is 0 Å². The zero-order chi connectivity index (χ0) is 14.1. The number of hydrogen-bond donors (Lipinski definition) is 3. The quantitative estimate of drug-likeness (QED) is 0.631. The van der Waals surface area contributed by atoms with Crippen molar-refractivity contribution in [3.8, 4) is 0 Å². The molecule has 1 aromatic rings. The summed E-state index contributed by atoms with van der Waals surface area (Å²) in [5.74, 6) is 2.22. The van der Waals surface area contributed by atoms with Gasteiger partial charge in [-0.1, -0.05) is 0 Å². The van der Waals surface area contributed by atoms with Crippen LogP contribution in [0.5, 0.6) is 0 Å². The van der Waals surface area contributed by atoms with Crippen molar-refractivity contribution in [2.75, 3.05) is 30.9 Å². The molecule has 3 N–H and O–H groups in total. The number of ether oxygens (including phenoxy) is 1. The number of methoxy groups -OCH3 is 1. The molecule has 0 aliphatic rings. The van der Waals surface area contributed by atoms with Crippen molar-refractivity contribution < 1.29 is 9.84 Å². The third-order valence-electron chi connectivity index (χ3n) is 2.59. The Kier molecular flexibility index (Phi) is 7.14. The average molecular weight is 268 g/mol. The van der Waals surface area contributed by atoms with Gasteiger partial charge in [-0.05, 0) is 26.7 Å². The van der Waals surface area contributed by atoms with Crippen LogP contribution in [0.4, 0.5) is 11.6 Å². The van der Waals surface area contributed by atoms with Crippen LogP contribution >= 0.6 is 0 Å². The molecule has 1 aromatic heterocycles. The number of nitrogens with zero attached hydrogens (tertiary/aromatic N) is 2. The van der Waals surface area contributed by atoms with Gasteiger partial charge in [-0.2, -0.15) is 0 Å². The van der Waals surface area contributed by atoms with Gasteiger partial charge in [0.2, 0.25) is 0 Å². The lowest BCUT2D eigenvalue weighted by atomic mass is 10.2. The molecule has 0 fully saturated rings. The summed E-state index contributed by atoms with van der Waals surface area (Å²) in [7, 11) is 1.63. The molecular formula is C13H24N4O2. The number of nitrogens with one attached hydrogen (secondary N) is 2. The van der Waals surface area contributed by atoms with Gasteiger partial charge in [0.15, 0.2) is 5.82 Å². The van der Waals surface area contributed by atoms with Gasteiger partial charge < -0.3 is 20.5 Å². The monoisotopic (exact) mass is 268 g/mol. The fourth-order valence-electron chi connectivity index (χ4n) is 1.76. The topological polar surface area (TPSA) is 79.3 Å². The Bertz CT molecular complexity index is 349. The number of aromatic nitrogens is 2. The van der Waals surface area contributed by atoms with Crippen molar-refractivity contribution in [2.45, 2.75) is 39.3 Å². The number of rotatable bonds is 9. The average Bonchev–Trinajstić information content (AvgIpc) is 2.37. The summed E-state index contributed by atoms with van der Waals surface area (Å²) < 4.78 is 5.07. The summed E-state index contributed by atoms with van der Waals surface area (Å²) in [5.41, 5.74) is 0. The highest BCUT2D eigenvalue weighted by molar-refractivity contribution is 5.47. The molecule has 0 spiro atoms. The molecule has 0 saturated heterocycles. The highest BCUT2D eigenvalue weighted by Gasteiger charge is 2.07. The van der Waals surface area contributed by atoms with E-state index in [1.54, 1.807) is 7.11 Å². The van der Waals surface area contributed by atoms with Crippen molar-refractivity contribution >= 4 is 11.6 Å². The molecule has 0 radical (unpaired) electrons. The largest absolute Gasteiger partial charge is 0.396 e. The smallest absolute Gasteiger partial charge is 0.158 e. The second-order valence-corrected chi connectivity index (χ2v) is 4.43. The second-order valence-electron chi connectivity index (χ2n) is 4.43. The first-order chi connectivity index (χ1) is 9.19. The van der Waals surface area contributed by atoms with Gasteiger partial charge in [0.25, 0.3) is 0 Å². The van der Waals surface area contributed by atoms with E-state index in [1.807, 2.05) is 13.0 Å². The van der Waals surface area contributed by atoms with Crippen molar-refractivity contribution in [1.29, 1.82) is 0 Å². The lowest BCUT2D eigenvalue weighted by molar-refractivity contribution is 0.178. The molecule has 19 heavy (non-hydrogen) atoms. The fourth-order valence-corrected chi connectivity index (χ4v) is 1.76. The molecular weight excluding hydrogens is 244 g/mol. The second kappa shape index (κ2) is 8.66. The first-order valence-corrected chi connectivity index (χ1v) is 6.67. The van der Waals surface area contributed by atoms with Crippen LogP contribution in [0.2, 0.25) is 0 Å². The first kappa shape index (κ1) is 15.7. The van der Waals surface area contributed by atoms with Crippen molar-refractivity contribution in [3.63, 3.8) is 0 Å². The molecule has 108 valence electrons. The van der Waals surface area contributed by atoms with Crippen LogP contribution in [0.15, 0.2) is 6.07 Å². The third-order valence-corrected chi connectivity index (χ3v) is 2.59. The van der Waals surface area contributed by atoms with Crippen LogP contribution in [-0.2, 0) is 11.3 Å². The summed E-state index contributed by atoms with van der Waals surface area (Å²) in [6.07, 6.45) is 1.68. The zero-order valence-electron chi connectivity index (χ0n) is 11.9. The van der Waals surface area contributed by atoms with E-state index in [4.69, 9.17) is 9.84 Å². The number of hydrogen-bond acceptors (Lipinski definition) is 6. The Labute approximate surface area is 114 Å². The van der Waals surface area contributed by atoms with E-state index in [9.17, 15) is 0 Å². The van der Waals surface area contributed by atoms with E-state index in [2.05, 4.69) is 27.5 Å². The van der Waals surface area contributed by atoms with E-state index in [-0.39, 0.29) is 12.6 Å². The van der Waals surface area contributed by atoms with Gasteiger partial charge in [-0.15, -0.1) is 0 Å². The van der Waals surface area contributed by atoms with E-state index < -0.39 is 0 Å². The highest BCUT2D eigenvalue weighted by Crippen LogP contribution is 2.14. The molecule has 0 bridgehead atoms. The third kappa shape index (κ3) is 5.85. The molecule has 0 amide bonds. The van der Waals surface area contributed by atoms with Gasteiger partial charge in [-0.25, -0.2) is 9.97 Å². The molecule has 0 aliphatic carbocycles. The standard InChI is InChI=1S/C13H24N4O2/c1-4-14-11-8-12(15-10(2)6-5-7-18)17-13(16-11)9-19-3/h8,10,18H,4-7,9H2,1-3H3,(H2,14,15,16,17). The molecule has 0 aliphatic heterocycles. The zero-order valence-corrected chi connectivity index (χ0v) is 11.9. The normalized spacial score (nSPS) is 12.2. The molecule has 0 aromatic carbocycles. The predicted octanol–water partition coefficient (Wildman–Crippen LogP) is 1.63. The van der Waals surface area contributed by atoms with Crippen LogP contribution in [0, 0.1) is 0 Å². The molecule has 1 unspecified atom stereocenters. The van der Waals surface area contributed by atoms with E-state index in [0.29, 0.717) is 12.4 Å². The lowest BCUT2D eigenvalue weighted by Crippen LogP contribution is -2.17. The number of aliphatic hydroxyl groups excluding tert-OH is 1. The van der Waals surface area contributed by atoms with Gasteiger partial charge >= 0.3 is 0 Å². The maximum absolute atomic E-state index is 8.83. The minimum absolute atomic E-state index is 0.216. The minimum atomic E-state index is 0.216. The van der Waals surface area contributed by atoms with Crippen LogP contribution in [-0.4, -0.2) is 41.4 Å². The van der Waals surface area contributed by atoms with E-state index >= 15 is 0 Å². The molecule has 1 heterocycles. The molecule has 6 nitrogen and oxygen atoms in total. The van der Waals surface area contributed by atoms with Crippen LogP contribution in [0.1, 0.15) is 32.5 Å². The van der Waals surface area contributed by atoms with Gasteiger partial charge in [0.1, 0.15) is 18.2 Å². The fraction of sp³-hybridized carbons (Fsp3) is 0.692. The number of anilines is 2. The molecule has 1 atom stereocenters. The first-order valence-electron chi connectivity index (χ1n) is 6.67. The molecule has 1 rings (SSSR count). The van der Waals surface area contributed by atoms with Crippen LogP contribution < -0.4 is 10.6 Å².